The van der Waals surface area contributed by atoms with E-state index in [4.69, 9.17) is 0 Å². The van der Waals surface area contributed by atoms with E-state index in [0.717, 1.165) is 11.3 Å². The molecular weight excluding hydrogens is 274 g/mol. The van der Waals surface area contributed by atoms with Crippen molar-refractivity contribution in [2.24, 2.45) is 12.1 Å². The van der Waals surface area contributed by atoms with Crippen molar-refractivity contribution >= 4 is 17.8 Å². The van der Waals surface area contributed by atoms with Crippen LogP contribution in [0, 0.1) is 17.0 Å². The minimum Gasteiger partial charge on any atom is -0.272 e. The molecule has 1 aromatic heterocycles. The summed E-state index contributed by atoms with van der Waals surface area (Å²) >= 11 is 0. The molecule has 0 atom stereocenters. The second-order valence-electron chi connectivity index (χ2n) is 4.31. The van der Waals surface area contributed by atoms with Crippen LogP contribution in [0.15, 0.2) is 35.6 Å². The summed E-state index contributed by atoms with van der Waals surface area (Å²) < 4.78 is 1.69. The van der Waals surface area contributed by atoms with Gasteiger partial charge in [-0.3, -0.25) is 19.6 Å². The van der Waals surface area contributed by atoms with Gasteiger partial charge in [-0.05, 0) is 19.1 Å². The number of hydrogen-bond donors (Lipinski definition) is 1. The number of rotatable bonds is 4. The summed E-state index contributed by atoms with van der Waals surface area (Å²) in [7, 11) is 1.81. The molecule has 1 N–H and O–H groups in total. The van der Waals surface area contributed by atoms with Crippen molar-refractivity contribution in [3.05, 3.63) is 57.4 Å². The minimum absolute atomic E-state index is 0.0685. The Morgan fingerprint density at radius 3 is 2.62 bits per heavy atom. The lowest BCUT2D eigenvalue weighted by Gasteiger charge is -1.99. The van der Waals surface area contributed by atoms with Crippen LogP contribution in [0.2, 0.25) is 0 Å². The van der Waals surface area contributed by atoms with E-state index in [1.165, 1.54) is 30.5 Å². The van der Waals surface area contributed by atoms with Gasteiger partial charge < -0.3 is 0 Å². The number of non-ortho nitro benzene ring substituents is 1. The van der Waals surface area contributed by atoms with Crippen molar-refractivity contribution in [1.29, 1.82) is 0 Å². The Morgan fingerprint density at radius 1 is 1.43 bits per heavy atom. The highest BCUT2D eigenvalue weighted by Gasteiger charge is 2.08. The summed E-state index contributed by atoms with van der Waals surface area (Å²) in [6.45, 7) is 1.88. The Balaban J connectivity index is 2.01. The molecule has 2 rings (SSSR count). The maximum atomic E-state index is 11.8. The Morgan fingerprint density at radius 2 is 2.10 bits per heavy atom. The third kappa shape index (κ3) is 3.30. The molecule has 0 saturated heterocycles. The number of nitro groups is 1. The van der Waals surface area contributed by atoms with Gasteiger partial charge in [0.2, 0.25) is 0 Å². The van der Waals surface area contributed by atoms with Crippen LogP contribution in [0.3, 0.4) is 0 Å². The smallest absolute Gasteiger partial charge is 0.271 e. The molecule has 0 aliphatic carbocycles. The lowest BCUT2D eigenvalue weighted by atomic mass is 10.2. The fourth-order valence-corrected chi connectivity index (χ4v) is 1.60. The van der Waals surface area contributed by atoms with Crippen LogP contribution >= 0.6 is 0 Å². The van der Waals surface area contributed by atoms with Crippen LogP contribution in [0.4, 0.5) is 5.69 Å². The van der Waals surface area contributed by atoms with Crippen LogP contribution in [-0.4, -0.2) is 26.8 Å². The number of hydrazone groups is 1. The van der Waals surface area contributed by atoms with E-state index in [9.17, 15) is 14.9 Å². The standard InChI is InChI=1S/C13H13N5O3/c1-9-11(8-15-17(9)2)7-14-16-13(19)10-3-5-12(6-4-10)18(20)21/h3-8H,1-2H3,(H,16,19)/b14-7+. The molecule has 0 bridgehead atoms. The highest BCUT2D eigenvalue weighted by Crippen LogP contribution is 2.11. The molecule has 0 spiro atoms. The first-order valence-electron chi connectivity index (χ1n) is 6.05. The second-order valence-corrected chi connectivity index (χ2v) is 4.31. The molecule has 1 amide bonds. The van der Waals surface area contributed by atoms with Crippen molar-refractivity contribution in [3.8, 4) is 0 Å². The summed E-state index contributed by atoms with van der Waals surface area (Å²) in [5.74, 6) is -0.442. The molecule has 8 heteroatoms. The van der Waals surface area contributed by atoms with E-state index in [0.29, 0.717) is 5.56 Å². The van der Waals surface area contributed by atoms with Gasteiger partial charge in [-0.25, -0.2) is 5.43 Å². The van der Waals surface area contributed by atoms with Crippen LogP contribution in [0.5, 0.6) is 0 Å². The summed E-state index contributed by atoms with van der Waals surface area (Å²) in [6.07, 6.45) is 3.13. The first kappa shape index (κ1) is 14.4. The number of nitro benzene ring substituents is 1. The topological polar surface area (TPSA) is 102 Å². The number of aromatic nitrogens is 2. The van der Waals surface area contributed by atoms with Gasteiger partial charge in [-0.15, -0.1) is 0 Å². The lowest BCUT2D eigenvalue weighted by molar-refractivity contribution is -0.384. The predicted molar refractivity (Wildman–Crippen MR) is 76.1 cm³/mol. The molecular formula is C13H13N5O3. The zero-order valence-electron chi connectivity index (χ0n) is 11.5. The first-order valence-corrected chi connectivity index (χ1v) is 6.05. The van der Waals surface area contributed by atoms with Crippen LogP contribution in [0.25, 0.3) is 0 Å². The van der Waals surface area contributed by atoms with Gasteiger partial charge in [0.25, 0.3) is 11.6 Å². The Hall–Kier alpha value is -3.03. The van der Waals surface area contributed by atoms with Gasteiger partial charge in [0.05, 0.1) is 17.3 Å². The van der Waals surface area contributed by atoms with Gasteiger partial charge in [0.1, 0.15) is 0 Å². The van der Waals surface area contributed by atoms with Crippen molar-refractivity contribution in [1.82, 2.24) is 15.2 Å². The molecule has 21 heavy (non-hydrogen) atoms. The van der Waals surface area contributed by atoms with Crippen LogP contribution in [-0.2, 0) is 7.05 Å². The molecule has 0 fully saturated rings. The largest absolute Gasteiger partial charge is 0.272 e. The summed E-state index contributed by atoms with van der Waals surface area (Å²) in [5, 5.41) is 18.4. The van der Waals surface area contributed by atoms with Gasteiger partial charge in [0, 0.05) is 36.0 Å². The number of hydrogen-bond acceptors (Lipinski definition) is 5. The SMILES string of the molecule is Cc1c(/C=N/NC(=O)c2ccc([N+](=O)[O-])cc2)cnn1C. The zero-order valence-corrected chi connectivity index (χ0v) is 11.5. The molecule has 1 aromatic carbocycles. The van der Waals surface area contributed by atoms with Crippen molar-refractivity contribution in [2.45, 2.75) is 6.92 Å². The molecule has 0 aliphatic heterocycles. The van der Waals surface area contributed by atoms with E-state index < -0.39 is 10.8 Å². The normalized spacial score (nSPS) is 10.8. The Labute approximate surface area is 120 Å². The second kappa shape index (κ2) is 5.95. The van der Waals surface area contributed by atoms with Gasteiger partial charge in [-0.2, -0.15) is 10.2 Å². The van der Waals surface area contributed by atoms with Crippen molar-refractivity contribution in [2.75, 3.05) is 0 Å². The monoisotopic (exact) mass is 287 g/mol. The van der Waals surface area contributed by atoms with E-state index in [2.05, 4.69) is 15.6 Å². The Kier molecular flexibility index (Phi) is 4.07. The van der Waals surface area contributed by atoms with Gasteiger partial charge in [0.15, 0.2) is 0 Å². The fourth-order valence-electron chi connectivity index (χ4n) is 1.60. The number of benzene rings is 1. The predicted octanol–water partition coefficient (Wildman–Crippen LogP) is 1.40. The van der Waals surface area contributed by atoms with Crippen molar-refractivity contribution in [3.63, 3.8) is 0 Å². The molecule has 0 aliphatic rings. The molecule has 0 radical (unpaired) electrons. The van der Waals surface area contributed by atoms with E-state index in [-0.39, 0.29) is 5.69 Å². The average molecular weight is 287 g/mol. The molecule has 8 nitrogen and oxygen atoms in total. The van der Waals surface area contributed by atoms with Crippen LogP contribution in [0.1, 0.15) is 21.6 Å². The fraction of sp³-hybridized carbons (Fsp3) is 0.154. The van der Waals surface area contributed by atoms with E-state index in [1.807, 2.05) is 14.0 Å². The maximum Gasteiger partial charge on any atom is 0.271 e. The first-order chi connectivity index (χ1) is 9.99. The van der Waals surface area contributed by atoms with Crippen molar-refractivity contribution < 1.29 is 9.72 Å². The number of nitrogens with zero attached hydrogens (tertiary/aromatic N) is 4. The summed E-state index contributed by atoms with van der Waals surface area (Å²) in [6, 6.07) is 5.28. The molecule has 0 saturated carbocycles. The van der Waals surface area contributed by atoms with E-state index in [1.54, 1.807) is 10.9 Å². The minimum atomic E-state index is -0.523. The number of nitrogens with one attached hydrogen (secondary N) is 1. The lowest BCUT2D eigenvalue weighted by Crippen LogP contribution is -2.17. The summed E-state index contributed by atoms with van der Waals surface area (Å²) in [5.41, 5.74) is 4.29. The van der Waals surface area contributed by atoms with Gasteiger partial charge >= 0.3 is 0 Å². The molecule has 2 aromatic rings. The average Bonchev–Trinajstić information content (AvgIpc) is 2.79. The van der Waals surface area contributed by atoms with Crippen LogP contribution < -0.4 is 5.43 Å². The number of amides is 1. The molecule has 0 unspecified atom stereocenters. The van der Waals surface area contributed by atoms with Gasteiger partial charge in [-0.1, -0.05) is 0 Å². The third-order valence-electron chi connectivity index (χ3n) is 2.98. The summed E-state index contributed by atoms with van der Waals surface area (Å²) in [4.78, 5) is 21.8. The number of aryl methyl sites for hydroxylation is 1. The highest BCUT2D eigenvalue weighted by atomic mass is 16.6. The number of carbonyl (C=O) groups is 1. The van der Waals surface area contributed by atoms with E-state index >= 15 is 0 Å². The quantitative estimate of drug-likeness (QED) is 0.521. The molecule has 1 heterocycles. The third-order valence-corrected chi connectivity index (χ3v) is 2.98. The Bertz CT molecular complexity index is 703. The highest BCUT2D eigenvalue weighted by molar-refractivity contribution is 5.95. The zero-order chi connectivity index (χ0) is 15.4. The number of carbonyl (C=O) groups excluding carboxylic acids is 1. The maximum absolute atomic E-state index is 11.8. The molecule has 108 valence electrons.